The SMILES string of the molecule is CCCCC(=O)OC1C2C3(OC(C)=O)COC3CC(O[Si](CC)(CC)CC)C2(C)C(=O)C(OC(C)=O)C2=C(C)C(OC(=O)C(O[Si](C)(C)C(C)(C)C)C(NC(=O)c3ccccc3)c3ccccc3)CC1(O)C2(C)C. The third-order valence-electron chi connectivity index (χ3n) is 17.7. The molecule has 3 aliphatic carbocycles. The minimum Gasteiger partial charge on any atom is -0.459 e. The summed E-state index contributed by atoms with van der Waals surface area (Å²) in [5, 5.41) is 17.0. The van der Waals surface area contributed by atoms with Gasteiger partial charge in [0, 0.05) is 44.1 Å². The molecule has 2 N–H and O–H groups in total. The van der Waals surface area contributed by atoms with Gasteiger partial charge in [-0.2, -0.15) is 0 Å². The molecular weight excluding hydrogens is 979 g/mol. The number of hydrogen-bond donors (Lipinski definition) is 2. The van der Waals surface area contributed by atoms with Gasteiger partial charge in [0.2, 0.25) is 0 Å². The van der Waals surface area contributed by atoms with E-state index in [-0.39, 0.29) is 25.0 Å². The lowest BCUT2D eigenvalue weighted by atomic mass is 9.44. The summed E-state index contributed by atoms with van der Waals surface area (Å²) in [4.78, 5) is 87.8. The Morgan fingerprint density at radius 3 is 1.97 bits per heavy atom. The van der Waals surface area contributed by atoms with E-state index in [4.69, 9.17) is 32.5 Å². The molecule has 2 saturated carbocycles. The lowest BCUT2D eigenvalue weighted by molar-refractivity contribution is -0.346. The highest BCUT2D eigenvalue weighted by Crippen LogP contribution is 2.65. The first-order valence-electron chi connectivity index (χ1n) is 26.7. The fourth-order valence-electron chi connectivity index (χ4n) is 12.0. The number of Topliss-reactive ketones (excluding diaryl/α,β-unsaturated/α-hetero) is 1. The van der Waals surface area contributed by atoms with Crippen LogP contribution >= 0.6 is 0 Å². The highest BCUT2D eigenvalue weighted by atomic mass is 28.4. The molecule has 1 amide bonds. The van der Waals surface area contributed by atoms with Crippen molar-refractivity contribution in [2.75, 3.05) is 6.61 Å². The molecule has 17 heteroatoms. The maximum atomic E-state index is 16.5. The highest BCUT2D eigenvalue weighted by molar-refractivity contribution is 6.74. The Bertz CT molecular complexity index is 2430. The number of amides is 1. The molecule has 74 heavy (non-hydrogen) atoms. The minimum atomic E-state index is -2.92. The molecule has 2 aromatic rings. The normalized spacial score (nSPS) is 29.4. The van der Waals surface area contributed by atoms with Crippen LogP contribution in [0.5, 0.6) is 0 Å². The molecule has 2 bridgehead atoms. The molecule has 6 rings (SSSR count). The van der Waals surface area contributed by atoms with Gasteiger partial charge in [0.05, 0.1) is 30.1 Å². The third-order valence-corrected chi connectivity index (χ3v) is 26.8. The van der Waals surface area contributed by atoms with E-state index in [0.717, 1.165) is 0 Å². The average molecular weight is 1060 g/mol. The Balaban J connectivity index is 1.63. The standard InChI is InChI=1S/C57H83NO14Si2/c1-16-20-31-43(61)69-50-48-55(13,41(71-74(17-2,18-3)19-4)32-42-56(48,34-66-42)70-37(7)60)49(62)46(67-36(6)59)44-35(5)40(33-57(50,65)54(44,11)12)68-52(64)47(72-73(14,15)53(8,9)10)45(38-27-23-21-24-28-38)58-51(63)39-29-25-22-26-30-39/h21-30,40-42,45-48,50,65H,16-20,31-34H2,1-15H3,(H,58,63). The maximum Gasteiger partial charge on any atom is 0.337 e. The van der Waals surface area contributed by atoms with Crippen molar-refractivity contribution in [3.05, 3.63) is 82.9 Å². The van der Waals surface area contributed by atoms with Crippen molar-refractivity contribution < 1.29 is 66.4 Å². The number of fused-ring (bicyclic) bond motifs is 5. The van der Waals surface area contributed by atoms with Crippen molar-refractivity contribution in [1.82, 2.24) is 5.32 Å². The van der Waals surface area contributed by atoms with Crippen molar-refractivity contribution in [3.8, 4) is 0 Å². The van der Waals surface area contributed by atoms with E-state index in [2.05, 4.69) is 26.1 Å². The number of ketones is 1. The van der Waals surface area contributed by atoms with Crippen LogP contribution in [0.3, 0.4) is 0 Å². The topological polar surface area (TPSA) is 199 Å². The van der Waals surface area contributed by atoms with Crippen molar-refractivity contribution >= 4 is 52.2 Å². The van der Waals surface area contributed by atoms with Crippen molar-refractivity contribution in [2.24, 2.45) is 16.7 Å². The van der Waals surface area contributed by atoms with E-state index in [9.17, 15) is 24.3 Å². The second-order valence-corrected chi connectivity index (χ2v) is 32.8. The smallest absolute Gasteiger partial charge is 0.337 e. The van der Waals surface area contributed by atoms with E-state index < -0.39 is 134 Å². The summed E-state index contributed by atoms with van der Waals surface area (Å²) >= 11 is 0. The van der Waals surface area contributed by atoms with E-state index >= 15 is 9.59 Å². The Hall–Kier alpha value is -4.53. The van der Waals surface area contributed by atoms with E-state index in [0.29, 0.717) is 47.7 Å². The first-order valence-corrected chi connectivity index (χ1v) is 32.1. The van der Waals surface area contributed by atoms with Gasteiger partial charge in [0.25, 0.3) is 5.91 Å². The van der Waals surface area contributed by atoms with Crippen molar-refractivity contribution in [3.63, 3.8) is 0 Å². The zero-order valence-corrected chi connectivity index (χ0v) is 48.5. The number of hydrogen-bond acceptors (Lipinski definition) is 14. The number of rotatable bonds is 19. The summed E-state index contributed by atoms with van der Waals surface area (Å²) in [6.45, 7) is 27.2. The number of ether oxygens (including phenoxy) is 5. The predicted molar refractivity (Wildman–Crippen MR) is 284 cm³/mol. The molecule has 1 saturated heterocycles. The Kier molecular flexibility index (Phi) is 17.6. The molecule has 11 unspecified atom stereocenters. The molecule has 11 atom stereocenters. The molecule has 408 valence electrons. The average Bonchev–Trinajstić information content (AvgIpc) is 3.33. The molecule has 2 aromatic carbocycles. The van der Waals surface area contributed by atoms with Crippen LogP contribution < -0.4 is 5.32 Å². The van der Waals surface area contributed by atoms with E-state index in [1.54, 1.807) is 82.3 Å². The molecule has 1 aliphatic heterocycles. The zero-order chi connectivity index (χ0) is 55.0. The van der Waals surface area contributed by atoms with Crippen LogP contribution in [0.25, 0.3) is 0 Å². The fourth-order valence-corrected chi connectivity index (χ4v) is 16.2. The number of esters is 4. The van der Waals surface area contributed by atoms with Gasteiger partial charge in [-0.1, -0.05) is 117 Å². The summed E-state index contributed by atoms with van der Waals surface area (Å²) in [5.41, 5.74) is -5.86. The number of unbranched alkanes of at least 4 members (excludes halogenated alkanes) is 1. The van der Waals surface area contributed by atoms with Crippen LogP contribution in [0.15, 0.2) is 71.8 Å². The summed E-state index contributed by atoms with van der Waals surface area (Å²) in [6, 6.07) is 18.6. The van der Waals surface area contributed by atoms with Crippen LogP contribution in [-0.4, -0.2) is 112 Å². The van der Waals surface area contributed by atoms with E-state index in [1.807, 2.05) is 46.9 Å². The van der Waals surface area contributed by atoms with Crippen molar-refractivity contribution in [2.45, 2.75) is 212 Å². The van der Waals surface area contributed by atoms with Gasteiger partial charge in [0.15, 0.2) is 40.2 Å². The summed E-state index contributed by atoms with van der Waals surface area (Å²) in [5.74, 6) is -5.43. The second-order valence-electron chi connectivity index (χ2n) is 23.4. The molecule has 0 spiro atoms. The van der Waals surface area contributed by atoms with Gasteiger partial charge in [-0.25, -0.2) is 4.79 Å². The van der Waals surface area contributed by atoms with Crippen LogP contribution in [0, 0.1) is 16.7 Å². The molecule has 3 fully saturated rings. The molecular formula is C57H83NO14Si2. The van der Waals surface area contributed by atoms with Crippen LogP contribution in [0.2, 0.25) is 36.3 Å². The maximum absolute atomic E-state index is 16.5. The molecule has 1 heterocycles. The largest absolute Gasteiger partial charge is 0.459 e. The zero-order valence-electron chi connectivity index (χ0n) is 46.5. The second kappa shape index (κ2) is 22.2. The van der Waals surface area contributed by atoms with Gasteiger partial charge in [-0.3, -0.25) is 24.0 Å². The quantitative estimate of drug-likeness (QED) is 0.0583. The van der Waals surface area contributed by atoms with E-state index in [1.165, 1.54) is 13.8 Å². The lowest BCUT2D eigenvalue weighted by Crippen LogP contribution is -2.82. The number of carbonyl (C=O) groups is 6. The monoisotopic (exact) mass is 1060 g/mol. The van der Waals surface area contributed by atoms with Crippen molar-refractivity contribution in [1.29, 1.82) is 0 Å². The molecule has 0 radical (unpaired) electrons. The number of carbonyl (C=O) groups excluding carboxylic acids is 6. The van der Waals surface area contributed by atoms with Crippen LogP contribution in [0.4, 0.5) is 0 Å². The first kappa shape index (κ1) is 58.7. The van der Waals surface area contributed by atoms with Crippen LogP contribution in [0.1, 0.15) is 144 Å². The van der Waals surface area contributed by atoms with Gasteiger partial charge >= 0.3 is 23.9 Å². The minimum absolute atomic E-state index is 0.0307. The number of benzene rings is 2. The highest BCUT2D eigenvalue weighted by Gasteiger charge is 2.79. The van der Waals surface area contributed by atoms with Gasteiger partial charge in [0.1, 0.15) is 23.9 Å². The summed E-state index contributed by atoms with van der Waals surface area (Å²) in [6.07, 6.45) is -7.17. The van der Waals surface area contributed by atoms with Gasteiger partial charge in [-0.05, 0) is 85.4 Å². The summed E-state index contributed by atoms with van der Waals surface area (Å²) < 4.78 is 46.8. The lowest BCUT2D eigenvalue weighted by Gasteiger charge is -2.68. The fraction of sp³-hybridized carbons (Fsp3) is 0.649. The molecule has 4 aliphatic rings. The van der Waals surface area contributed by atoms with Gasteiger partial charge < -0.3 is 43.0 Å². The Morgan fingerprint density at radius 1 is 0.865 bits per heavy atom. The Morgan fingerprint density at radius 2 is 1.46 bits per heavy atom. The molecule has 15 nitrogen and oxygen atoms in total. The molecule has 0 aromatic heterocycles. The summed E-state index contributed by atoms with van der Waals surface area (Å²) in [7, 11) is -5.54. The first-order chi connectivity index (χ1) is 34.5. The Labute approximate surface area is 440 Å². The van der Waals surface area contributed by atoms with Gasteiger partial charge in [-0.15, -0.1) is 0 Å². The number of nitrogens with one attached hydrogen (secondary N) is 1. The van der Waals surface area contributed by atoms with Crippen LogP contribution in [-0.2, 0) is 56.5 Å². The number of aliphatic hydroxyl groups is 1. The predicted octanol–water partition coefficient (Wildman–Crippen LogP) is 9.67. The third kappa shape index (κ3) is 10.8.